The third kappa shape index (κ3) is 4.82. The van der Waals surface area contributed by atoms with Gasteiger partial charge in [-0.1, -0.05) is 40.7 Å². The van der Waals surface area contributed by atoms with Gasteiger partial charge in [-0.15, -0.1) is 0 Å². The van der Waals surface area contributed by atoms with Gasteiger partial charge in [0.25, 0.3) is 0 Å². The van der Waals surface area contributed by atoms with Crippen molar-refractivity contribution >= 4 is 11.6 Å². The van der Waals surface area contributed by atoms with E-state index in [4.69, 9.17) is 0 Å². The standard InChI is InChI=1S/C11H15NO2.C2H6/c1-11(2,3)10(14)12-8-5-4-6-9(13)7-8;1-2/h4-7,13H,1-3H3,(H,12,14);1-2H3. The number of rotatable bonds is 1. The predicted octanol–water partition coefficient (Wildman–Crippen LogP) is 3.40. The van der Waals surface area contributed by atoms with Crippen molar-refractivity contribution in [1.82, 2.24) is 0 Å². The maximum atomic E-state index is 11.6. The van der Waals surface area contributed by atoms with Crippen LogP contribution in [0.25, 0.3) is 0 Å². The summed E-state index contributed by atoms with van der Waals surface area (Å²) in [6, 6.07) is 6.51. The van der Waals surface area contributed by atoms with Gasteiger partial charge in [-0.3, -0.25) is 4.79 Å². The number of hydrogen-bond donors (Lipinski definition) is 2. The van der Waals surface area contributed by atoms with E-state index in [1.165, 1.54) is 6.07 Å². The fourth-order valence-electron chi connectivity index (χ4n) is 0.902. The summed E-state index contributed by atoms with van der Waals surface area (Å²) >= 11 is 0. The van der Waals surface area contributed by atoms with Crippen LogP contribution < -0.4 is 5.32 Å². The van der Waals surface area contributed by atoms with Gasteiger partial charge < -0.3 is 10.4 Å². The Morgan fingerprint density at radius 1 is 1.25 bits per heavy atom. The molecule has 3 nitrogen and oxygen atoms in total. The lowest BCUT2D eigenvalue weighted by Gasteiger charge is -2.17. The molecule has 0 fully saturated rings. The van der Waals surface area contributed by atoms with E-state index in [2.05, 4.69) is 5.32 Å². The van der Waals surface area contributed by atoms with Gasteiger partial charge >= 0.3 is 0 Å². The van der Waals surface area contributed by atoms with Crippen molar-refractivity contribution in [1.29, 1.82) is 0 Å². The zero-order valence-corrected chi connectivity index (χ0v) is 10.7. The highest BCUT2D eigenvalue weighted by Crippen LogP contribution is 2.19. The molecule has 0 aliphatic heterocycles. The number of benzene rings is 1. The van der Waals surface area contributed by atoms with Crippen LogP contribution in [0.15, 0.2) is 24.3 Å². The van der Waals surface area contributed by atoms with E-state index >= 15 is 0 Å². The van der Waals surface area contributed by atoms with E-state index in [1.807, 2.05) is 34.6 Å². The second-order valence-electron chi connectivity index (χ2n) is 4.25. The number of carbonyl (C=O) groups excluding carboxylic acids is 1. The number of phenolic OH excluding ortho intramolecular Hbond substituents is 1. The fraction of sp³-hybridized carbons (Fsp3) is 0.462. The normalized spacial score (nSPS) is 10.1. The number of nitrogens with one attached hydrogen (secondary N) is 1. The molecule has 16 heavy (non-hydrogen) atoms. The molecule has 0 atom stereocenters. The van der Waals surface area contributed by atoms with E-state index in [0.29, 0.717) is 5.69 Å². The van der Waals surface area contributed by atoms with Gasteiger partial charge in [0.05, 0.1) is 0 Å². The molecule has 0 heterocycles. The van der Waals surface area contributed by atoms with Gasteiger partial charge in [0.15, 0.2) is 0 Å². The number of amides is 1. The molecule has 1 amide bonds. The lowest BCUT2D eigenvalue weighted by Crippen LogP contribution is -2.27. The molecular formula is C13H21NO2. The highest BCUT2D eigenvalue weighted by Gasteiger charge is 2.20. The molecule has 0 aromatic heterocycles. The van der Waals surface area contributed by atoms with Gasteiger partial charge in [0, 0.05) is 17.2 Å². The first-order valence-electron chi connectivity index (χ1n) is 5.50. The molecule has 0 radical (unpaired) electrons. The SMILES string of the molecule is CC.CC(C)(C)C(=O)Nc1cccc(O)c1. The van der Waals surface area contributed by atoms with Crippen LogP contribution in [0, 0.1) is 5.41 Å². The van der Waals surface area contributed by atoms with Crippen molar-refractivity contribution in [2.75, 3.05) is 5.32 Å². The van der Waals surface area contributed by atoms with E-state index < -0.39 is 5.41 Å². The van der Waals surface area contributed by atoms with Gasteiger partial charge in [0.1, 0.15) is 5.75 Å². The Morgan fingerprint density at radius 3 is 2.25 bits per heavy atom. The summed E-state index contributed by atoms with van der Waals surface area (Å²) < 4.78 is 0. The monoisotopic (exact) mass is 223 g/mol. The number of anilines is 1. The van der Waals surface area contributed by atoms with E-state index in [-0.39, 0.29) is 11.7 Å². The summed E-state index contributed by atoms with van der Waals surface area (Å²) in [5, 5.41) is 11.9. The van der Waals surface area contributed by atoms with E-state index in [9.17, 15) is 9.90 Å². The molecule has 1 aromatic rings. The zero-order chi connectivity index (χ0) is 12.8. The molecule has 0 unspecified atom stereocenters. The summed E-state index contributed by atoms with van der Waals surface area (Å²) in [5.41, 5.74) is 0.191. The quantitative estimate of drug-likeness (QED) is 0.766. The van der Waals surface area contributed by atoms with Gasteiger partial charge in [-0.05, 0) is 12.1 Å². The Balaban J connectivity index is 0.00000106. The predicted molar refractivity (Wildman–Crippen MR) is 67.5 cm³/mol. The molecule has 3 heteroatoms. The third-order valence-corrected chi connectivity index (χ3v) is 1.79. The first-order chi connectivity index (χ1) is 7.39. The summed E-state index contributed by atoms with van der Waals surface area (Å²) in [7, 11) is 0. The summed E-state index contributed by atoms with van der Waals surface area (Å²) in [6.45, 7) is 9.52. The molecule has 0 spiro atoms. The van der Waals surface area contributed by atoms with Crippen molar-refractivity contribution in [3.05, 3.63) is 24.3 Å². The van der Waals surface area contributed by atoms with Crippen LogP contribution in [0.5, 0.6) is 5.75 Å². The van der Waals surface area contributed by atoms with Crippen LogP contribution in [0.1, 0.15) is 34.6 Å². The molecule has 1 rings (SSSR count). The first-order valence-corrected chi connectivity index (χ1v) is 5.50. The van der Waals surface area contributed by atoms with Crippen molar-refractivity contribution in [2.24, 2.45) is 5.41 Å². The Kier molecular flexibility index (Phi) is 5.57. The number of aromatic hydroxyl groups is 1. The van der Waals surface area contributed by atoms with Gasteiger partial charge in [-0.25, -0.2) is 0 Å². The molecule has 2 N–H and O–H groups in total. The summed E-state index contributed by atoms with van der Waals surface area (Å²) in [5.74, 6) is 0.0832. The largest absolute Gasteiger partial charge is 0.508 e. The third-order valence-electron chi connectivity index (χ3n) is 1.79. The fourth-order valence-corrected chi connectivity index (χ4v) is 0.902. The minimum Gasteiger partial charge on any atom is -0.508 e. The second kappa shape index (κ2) is 6.16. The van der Waals surface area contributed by atoms with Crippen LogP contribution in [-0.4, -0.2) is 11.0 Å². The van der Waals surface area contributed by atoms with Crippen LogP contribution in [-0.2, 0) is 4.79 Å². The van der Waals surface area contributed by atoms with Gasteiger partial charge in [-0.2, -0.15) is 0 Å². The highest BCUT2D eigenvalue weighted by molar-refractivity contribution is 5.94. The smallest absolute Gasteiger partial charge is 0.229 e. The average Bonchev–Trinajstić information content (AvgIpc) is 2.19. The molecule has 0 aliphatic rings. The Morgan fingerprint density at radius 2 is 1.81 bits per heavy atom. The van der Waals surface area contributed by atoms with Crippen LogP contribution >= 0.6 is 0 Å². The van der Waals surface area contributed by atoms with Gasteiger partial charge in [0.2, 0.25) is 5.91 Å². The van der Waals surface area contributed by atoms with Crippen LogP contribution in [0.4, 0.5) is 5.69 Å². The topological polar surface area (TPSA) is 49.3 Å². The summed E-state index contributed by atoms with van der Waals surface area (Å²) in [6.07, 6.45) is 0. The average molecular weight is 223 g/mol. The second-order valence-corrected chi connectivity index (χ2v) is 4.25. The van der Waals surface area contributed by atoms with Crippen molar-refractivity contribution in [3.8, 4) is 5.75 Å². The minimum absolute atomic E-state index is 0.0666. The minimum atomic E-state index is -0.425. The number of carbonyl (C=O) groups is 1. The summed E-state index contributed by atoms with van der Waals surface area (Å²) in [4.78, 5) is 11.6. The lowest BCUT2D eigenvalue weighted by molar-refractivity contribution is -0.123. The molecule has 1 aromatic carbocycles. The lowest BCUT2D eigenvalue weighted by atomic mass is 9.95. The highest BCUT2D eigenvalue weighted by atomic mass is 16.3. The van der Waals surface area contributed by atoms with Crippen LogP contribution in [0.2, 0.25) is 0 Å². The van der Waals surface area contributed by atoms with E-state index in [0.717, 1.165) is 0 Å². The molecular weight excluding hydrogens is 202 g/mol. The molecule has 0 bridgehead atoms. The van der Waals surface area contributed by atoms with Crippen LogP contribution in [0.3, 0.4) is 0 Å². The Bertz CT molecular complexity index is 340. The van der Waals surface area contributed by atoms with E-state index in [1.54, 1.807) is 18.2 Å². The zero-order valence-electron chi connectivity index (χ0n) is 10.7. The van der Waals surface area contributed by atoms with Crippen molar-refractivity contribution < 1.29 is 9.90 Å². The molecule has 0 aliphatic carbocycles. The van der Waals surface area contributed by atoms with Crippen molar-refractivity contribution in [2.45, 2.75) is 34.6 Å². The Hall–Kier alpha value is -1.51. The molecule has 90 valence electrons. The Labute approximate surface area is 97.5 Å². The maximum absolute atomic E-state index is 11.6. The first kappa shape index (κ1) is 14.5. The number of phenols is 1. The maximum Gasteiger partial charge on any atom is 0.229 e. The number of hydrogen-bond acceptors (Lipinski definition) is 2. The molecule has 0 saturated heterocycles. The van der Waals surface area contributed by atoms with Crippen molar-refractivity contribution in [3.63, 3.8) is 0 Å². The molecule has 0 saturated carbocycles.